The molecule has 1 unspecified atom stereocenters. The number of nitrogens with one attached hydrogen (secondary N) is 1. The van der Waals surface area contributed by atoms with Gasteiger partial charge in [-0.2, -0.15) is 13.2 Å². The first-order valence-electron chi connectivity index (χ1n) is 6.18. The van der Waals surface area contributed by atoms with E-state index in [1.54, 1.807) is 6.07 Å². The topological polar surface area (TPSA) is 21.3 Å². The largest absolute Gasteiger partial charge is 0.417 e. The molecule has 19 heavy (non-hydrogen) atoms. The lowest BCUT2D eigenvalue weighted by Crippen LogP contribution is -2.20. The lowest BCUT2D eigenvalue weighted by Gasteiger charge is -2.18. The summed E-state index contributed by atoms with van der Waals surface area (Å²) in [5, 5.41) is 3.16. The van der Waals surface area contributed by atoms with E-state index in [0.29, 0.717) is 12.3 Å². The molecule has 1 aliphatic heterocycles. The molecule has 2 nitrogen and oxygen atoms in total. The van der Waals surface area contributed by atoms with Crippen molar-refractivity contribution in [2.24, 2.45) is 0 Å². The molecule has 0 amide bonds. The Morgan fingerprint density at radius 2 is 2.00 bits per heavy atom. The highest BCUT2D eigenvalue weighted by molar-refractivity contribution is 9.10. The average molecular weight is 338 g/mol. The molecule has 1 atom stereocenters. The van der Waals surface area contributed by atoms with E-state index < -0.39 is 11.7 Å². The molecular formula is C13H15BrF3NO. The summed E-state index contributed by atoms with van der Waals surface area (Å²) < 4.78 is 43.8. The van der Waals surface area contributed by atoms with Gasteiger partial charge in [0.15, 0.2) is 0 Å². The molecule has 2 rings (SSSR count). The van der Waals surface area contributed by atoms with E-state index in [2.05, 4.69) is 21.2 Å². The molecule has 1 heterocycles. The van der Waals surface area contributed by atoms with Crippen LogP contribution in [0, 0.1) is 0 Å². The Kier molecular flexibility index (Phi) is 4.73. The minimum atomic E-state index is -4.34. The number of hydrogen-bond donors (Lipinski definition) is 1. The molecule has 6 heteroatoms. The summed E-state index contributed by atoms with van der Waals surface area (Å²) in [6.07, 6.45) is -1.68. The Morgan fingerprint density at radius 1 is 1.21 bits per heavy atom. The Hall–Kier alpha value is -0.750. The van der Waals surface area contributed by atoms with Gasteiger partial charge < -0.3 is 10.1 Å². The van der Waals surface area contributed by atoms with Gasteiger partial charge in [0, 0.05) is 29.4 Å². The third-order valence-electron chi connectivity index (χ3n) is 3.09. The van der Waals surface area contributed by atoms with Crippen molar-refractivity contribution in [3.63, 3.8) is 0 Å². The van der Waals surface area contributed by atoms with Crippen molar-refractivity contribution in [3.8, 4) is 0 Å². The Bertz CT molecular complexity index is 428. The molecule has 1 aromatic carbocycles. The van der Waals surface area contributed by atoms with E-state index in [-0.39, 0.29) is 10.5 Å². The van der Waals surface area contributed by atoms with Crippen LogP contribution in [0.5, 0.6) is 0 Å². The molecule has 1 aliphatic rings. The summed E-state index contributed by atoms with van der Waals surface area (Å²) in [5.74, 6) is 0. The number of ether oxygens (including phenoxy) is 1. The van der Waals surface area contributed by atoms with Gasteiger partial charge >= 0.3 is 6.18 Å². The zero-order chi connectivity index (χ0) is 13.9. The molecule has 0 radical (unpaired) electrons. The SMILES string of the molecule is FC(F)(F)c1cc(NC2CCCOCC2)ccc1Br. The molecular weight excluding hydrogens is 323 g/mol. The Morgan fingerprint density at radius 3 is 2.74 bits per heavy atom. The second-order valence-electron chi connectivity index (χ2n) is 4.58. The molecule has 0 aromatic heterocycles. The van der Waals surface area contributed by atoms with Crippen LogP contribution in [0.3, 0.4) is 0 Å². The third kappa shape index (κ3) is 4.11. The molecule has 0 bridgehead atoms. The molecule has 106 valence electrons. The first kappa shape index (κ1) is 14.7. The summed E-state index contributed by atoms with van der Waals surface area (Å²) in [4.78, 5) is 0. The van der Waals surface area contributed by atoms with Gasteiger partial charge in [0.25, 0.3) is 0 Å². The number of alkyl halides is 3. The van der Waals surface area contributed by atoms with Gasteiger partial charge in [-0.3, -0.25) is 0 Å². The maximum absolute atomic E-state index is 12.8. The van der Waals surface area contributed by atoms with Gasteiger partial charge in [-0.25, -0.2) is 0 Å². The van der Waals surface area contributed by atoms with Crippen molar-refractivity contribution < 1.29 is 17.9 Å². The predicted molar refractivity (Wildman–Crippen MR) is 71.2 cm³/mol. The molecule has 0 spiro atoms. The summed E-state index contributed by atoms with van der Waals surface area (Å²) in [5.41, 5.74) is -0.148. The minimum absolute atomic E-state index is 0.0646. The summed E-state index contributed by atoms with van der Waals surface area (Å²) in [6, 6.07) is 4.41. The van der Waals surface area contributed by atoms with Crippen LogP contribution >= 0.6 is 15.9 Å². The van der Waals surface area contributed by atoms with Crippen molar-refractivity contribution >= 4 is 21.6 Å². The maximum Gasteiger partial charge on any atom is 0.417 e. The van der Waals surface area contributed by atoms with Crippen LogP contribution in [-0.2, 0) is 10.9 Å². The fourth-order valence-corrected chi connectivity index (χ4v) is 2.59. The zero-order valence-corrected chi connectivity index (χ0v) is 11.9. The van der Waals surface area contributed by atoms with E-state index in [1.165, 1.54) is 6.07 Å². The fraction of sp³-hybridized carbons (Fsp3) is 0.538. The lowest BCUT2D eigenvalue weighted by molar-refractivity contribution is -0.138. The average Bonchev–Trinajstić information content (AvgIpc) is 2.59. The Labute approximate surface area is 118 Å². The van der Waals surface area contributed by atoms with Crippen LogP contribution in [0.1, 0.15) is 24.8 Å². The van der Waals surface area contributed by atoms with Gasteiger partial charge in [0.1, 0.15) is 0 Å². The highest BCUT2D eigenvalue weighted by Crippen LogP contribution is 2.36. The predicted octanol–water partition coefficient (Wildman–Crippen LogP) is 4.45. The zero-order valence-electron chi connectivity index (χ0n) is 10.3. The summed E-state index contributed by atoms with van der Waals surface area (Å²) in [6.45, 7) is 1.38. The second-order valence-corrected chi connectivity index (χ2v) is 5.43. The van der Waals surface area contributed by atoms with E-state index in [4.69, 9.17) is 4.74 Å². The molecule has 1 N–H and O–H groups in total. The minimum Gasteiger partial charge on any atom is -0.382 e. The summed E-state index contributed by atoms with van der Waals surface area (Å²) in [7, 11) is 0. The van der Waals surface area contributed by atoms with Gasteiger partial charge in [-0.15, -0.1) is 0 Å². The first-order valence-corrected chi connectivity index (χ1v) is 6.97. The van der Waals surface area contributed by atoms with Gasteiger partial charge in [0.05, 0.1) is 5.56 Å². The number of hydrogen-bond acceptors (Lipinski definition) is 2. The van der Waals surface area contributed by atoms with E-state index in [9.17, 15) is 13.2 Å². The lowest BCUT2D eigenvalue weighted by atomic mass is 10.1. The molecule has 1 aromatic rings. The maximum atomic E-state index is 12.8. The van der Waals surface area contributed by atoms with Gasteiger partial charge in [0.2, 0.25) is 0 Å². The number of benzene rings is 1. The second kappa shape index (κ2) is 6.13. The van der Waals surface area contributed by atoms with Crippen molar-refractivity contribution in [2.75, 3.05) is 18.5 Å². The molecule has 1 fully saturated rings. The number of rotatable bonds is 2. The summed E-state index contributed by atoms with van der Waals surface area (Å²) >= 11 is 2.94. The highest BCUT2D eigenvalue weighted by Gasteiger charge is 2.33. The van der Waals surface area contributed by atoms with E-state index in [1.807, 2.05) is 0 Å². The fourth-order valence-electron chi connectivity index (χ4n) is 2.12. The normalized spacial score (nSPS) is 20.9. The van der Waals surface area contributed by atoms with E-state index in [0.717, 1.165) is 31.9 Å². The van der Waals surface area contributed by atoms with Crippen molar-refractivity contribution in [1.82, 2.24) is 0 Å². The standard InChI is InChI=1S/C13H15BrF3NO/c14-12-4-3-10(8-11(12)13(15,16)17)18-9-2-1-6-19-7-5-9/h3-4,8-9,18H,1-2,5-7H2. The molecule has 1 saturated heterocycles. The van der Waals surface area contributed by atoms with Crippen molar-refractivity contribution in [2.45, 2.75) is 31.5 Å². The van der Waals surface area contributed by atoms with Crippen LogP contribution < -0.4 is 5.32 Å². The van der Waals surface area contributed by atoms with Crippen LogP contribution in [-0.4, -0.2) is 19.3 Å². The first-order chi connectivity index (χ1) is 8.97. The Balaban J connectivity index is 2.12. The molecule has 0 aliphatic carbocycles. The highest BCUT2D eigenvalue weighted by atomic mass is 79.9. The van der Waals surface area contributed by atoms with Crippen LogP contribution in [0.2, 0.25) is 0 Å². The van der Waals surface area contributed by atoms with Crippen LogP contribution in [0.15, 0.2) is 22.7 Å². The monoisotopic (exact) mass is 337 g/mol. The number of anilines is 1. The van der Waals surface area contributed by atoms with Crippen molar-refractivity contribution in [1.29, 1.82) is 0 Å². The smallest absolute Gasteiger partial charge is 0.382 e. The van der Waals surface area contributed by atoms with E-state index >= 15 is 0 Å². The third-order valence-corrected chi connectivity index (χ3v) is 3.79. The number of halogens is 4. The van der Waals surface area contributed by atoms with Crippen LogP contribution in [0.25, 0.3) is 0 Å². The molecule has 0 saturated carbocycles. The van der Waals surface area contributed by atoms with Gasteiger partial charge in [-0.1, -0.05) is 15.9 Å². The van der Waals surface area contributed by atoms with Crippen molar-refractivity contribution in [3.05, 3.63) is 28.2 Å². The van der Waals surface area contributed by atoms with Gasteiger partial charge in [-0.05, 0) is 37.5 Å². The quantitative estimate of drug-likeness (QED) is 0.860. The van der Waals surface area contributed by atoms with Crippen LogP contribution in [0.4, 0.5) is 18.9 Å².